The van der Waals surface area contributed by atoms with Crippen LogP contribution in [0, 0.1) is 5.21 Å². The molecule has 1 heterocycles. The first-order chi connectivity index (χ1) is 10.6. The first-order valence-electron chi connectivity index (χ1n) is 7.33. The Hall–Kier alpha value is -1.80. The summed E-state index contributed by atoms with van der Waals surface area (Å²) in [6, 6.07) is 0. The zero-order chi connectivity index (χ0) is 16.4. The van der Waals surface area contributed by atoms with Crippen LogP contribution in [0.1, 0.15) is 44.9 Å². The van der Waals surface area contributed by atoms with E-state index in [1.807, 2.05) is 0 Å². The quantitative estimate of drug-likeness (QED) is 0.445. The van der Waals surface area contributed by atoms with Crippen LogP contribution in [-0.2, 0) is 24.0 Å². The van der Waals surface area contributed by atoms with E-state index >= 15 is 0 Å². The van der Waals surface area contributed by atoms with E-state index in [9.17, 15) is 14.8 Å². The Morgan fingerprint density at radius 3 is 2.27 bits per heavy atom. The molecule has 0 radical (unpaired) electrons. The number of methoxy groups -OCH3 is 2. The van der Waals surface area contributed by atoms with Gasteiger partial charge in [-0.2, -0.15) is 4.94 Å². The van der Waals surface area contributed by atoms with Gasteiger partial charge in [-0.1, -0.05) is 0 Å². The van der Waals surface area contributed by atoms with Gasteiger partial charge in [0.05, 0.1) is 19.9 Å². The predicted octanol–water partition coefficient (Wildman–Crippen LogP) is 1.87. The van der Waals surface area contributed by atoms with Gasteiger partial charge in [0.2, 0.25) is 0 Å². The number of hydroxylamine groups is 4. The molecule has 8 nitrogen and oxygen atoms in total. The smallest absolute Gasteiger partial charge is 0.305 e. The van der Waals surface area contributed by atoms with Crippen molar-refractivity contribution in [2.45, 2.75) is 44.9 Å². The van der Waals surface area contributed by atoms with Gasteiger partial charge in [0, 0.05) is 25.6 Å². The lowest BCUT2D eigenvalue weighted by Crippen LogP contribution is -2.23. The van der Waals surface area contributed by atoms with Crippen LogP contribution >= 0.6 is 0 Å². The van der Waals surface area contributed by atoms with Crippen molar-refractivity contribution in [3.63, 3.8) is 0 Å². The Morgan fingerprint density at radius 2 is 1.68 bits per heavy atom. The monoisotopic (exact) mass is 315 g/mol. The molecule has 0 unspecified atom stereocenters. The van der Waals surface area contributed by atoms with E-state index < -0.39 is 0 Å². The van der Waals surface area contributed by atoms with Gasteiger partial charge in [0.25, 0.3) is 0 Å². The second-order valence-electron chi connectivity index (χ2n) is 4.91. The number of hydrogen-bond acceptors (Lipinski definition) is 8. The molecule has 0 aromatic rings. The van der Waals surface area contributed by atoms with E-state index in [2.05, 4.69) is 9.47 Å². The third kappa shape index (κ3) is 6.77. The molecule has 22 heavy (non-hydrogen) atoms. The van der Waals surface area contributed by atoms with E-state index in [-0.39, 0.29) is 11.9 Å². The highest BCUT2D eigenvalue weighted by atomic mass is 17.0. The summed E-state index contributed by atoms with van der Waals surface area (Å²) in [6.45, 7) is 0.526. The van der Waals surface area contributed by atoms with Crippen LogP contribution in [0.25, 0.3) is 0 Å². The van der Waals surface area contributed by atoms with E-state index in [0.29, 0.717) is 50.3 Å². The Labute approximate surface area is 130 Å². The van der Waals surface area contributed by atoms with Crippen LogP contribution in [0.15, 0.2) is 11.9 Å². The third-order valence-electron chi connectivity index (χ3n) is 3.27. The average molecular weight is 315 g/mol. The number of carbonyl (C=O) groups excluding carboxylic acids is 2. The summed E-state index contributed by atoms with van der Waals surface area (Å²) in [6.07, 6.45) is 5.58. The molecule has 8 heteroatoms. The van der Waals surface area contributed by atoms with Crippen molar-refractivity contribution in [3.05, 3.63) is 17.1 Å². The van der Waals surface area contributed by atoms with E-state index in [1.54, 1.807) is 0 Å². The summed E-state index contributed by atoms with van der Waals surface area (Å²) in [5.74, 6) is -0.479. The number of carbonyl (C=O) groups is 2. The molecule has 0 atom stereocenters. The second-order valence-corrected chi connectivity index (χ2v) is 4.91. The molecule has 1 aliphatic heterocycles. The summed E-state index contributed by atoms with van der Waals surface area (Å²) in [7, 11) is 2.72. The summed E-state index contributed by atoms with van der Waals surface area (Å²) >= 11 is 0. The topological polar surface area (TPSA) is 91.4 Å². The van der Waals surface area contributed by atoms with Crippen LogP contribution in [0.4, 0.5) is 0 Å². The lowest BCUT2D eigenvalue weighted by atomic mass is 10.1. The number of allylic oxidation sites excluding steroid dienone is 1. The molecular weight excluding hydrogens is 292 g/mol. The molecule has 0 bridgehead atoms. The molecule has 0 spiro atoms. The maximum Gasteiger partial charge on any atom is 0.305 e. The van der Waals surface area contributed by atoms with Crippen molar-refractivity contribution in [1.29, 1.82) is 0 Å². The van der Waals surface area contributed by atoms with Crippen molar-refractivity contribution in [2.24, 2.45) is 0 Å². The molecule has 0 N–H and O–H groups in total. The van der Waals surface area contributed by atoms with Crippen LogP contribution in [-0.4, -0.2) is 43.0 Å². The van der Waals surface area contributed by atoms with E-state index in [4.69, 9.17) is 4.94 Å². The minimum Gasteiger partial charge on any atom is -0.732 e. The average Bonchev–Trinajstić information content (AvgIpc) is 2.87. The van der Waals surface area contributed by atoms with Gasteiger partial charge in [-0.3, -0.25) is 14.8 Å². The Morgan fingerprint density at radius 1 is 1.09 bits per heavy atom. The maximum atomic E-state index is 11.3. The van der Waals surface area contributed by atoms with Gasteiger partial charge in [-0.25, -0.2) is 5.06 Å². The molecule has 0 aromatic heterocycles. The summed E-state index contributed by atoms with van der Waals surface area (Å²) < 4.78 is 9.13. The second kappa shape index (κ2) is 10.0. The standard InChI is InChI=1S/C14H23N2O6/c1-20-13(17)8-4-3-7-12-11-16(19)22-15(12)10-6-5-9-14(18)21-2/h11H,3-10H2,1-2H3/q-1. The van der Waals surface area contributed by atoms with Gasteiger partial charge in [-0.15, -0.1) is 0 Å². The van der Waals surface area contributed by atoms with Crippen molar-refractivity contribution < 1.29 is 24.0 Å². The van der Waals surface area contributed by atoms with Gasteiger partial charge < -0.3 is 14.7 Å². The highest BCUT2D eigenvalue weighted by Crippen LogP contribution is 2.22. The molecule has 0 amide bonds. The van der Waals surface area contributed by atoms with Crippen LogP contribution < -0.4 is 0 Å². The predicted molar refractivity (Wildman–Crippen MR) is 77.4 cm³/mol. The Balaban J connectivity index is 2.24. The van der Waals surface area contributed by atoms with Gasteiger partial charge in [-0.05, 0) is 32.1 Å². The van der Waals surface area contributed by atoms with Crippen molar-refractivity contribution >= 4 is 11.9 Å². The van der Waals surface area contributed by atoms with Gasteiger partial charge >= 0.3 is 11.9 Å². The molecule has 0 aromatic carbocycles. The Bertz CT molecular complexity index is 399. The molecule has 0 saturated heterocycles. The summed E-state index contributed by atoms with van der Waals surface area (Å²) in [5, 5.41) is 13.2. The van der Waals surface area contributed by atoms with Gasteiger partial charge in [0.1, 0.15) is 0 Å². The number of nitrogens with zero attached hydrogens (tertiary/aromatic N) is 2. The third-order valence-corrected chi connectivity index (χ3v) is 3.27. The zero-order valence-electron chi connectivity index (χ0n) is 13.1. The first kappa shape index (κ1) is 18.2. The first-order valence-corrected chi connectivity index (χ1v) is 7.33. The molecule has 126 valence electrons. The fourth-order valence-corrected chi connectivity index (χ4v) is 2.04. The number of ether oxygens (including phenoxy) is 2. The molecular formula is C14H23N2O6-. The van der Waals surface area contributed by atoms with Crippen molar-refractivity contribution in [3.8, 4) is 0 Å². The lowest BCUT2D eigenvalue weighted by Gasteiger charge is -2.24. The SMILES string of the molecule is COC(=O)CCCCC1=CN([O-])ON1CCCCC(=O)OC. The number of esters is 2. The molecule has 0 saturated carbocycles. The Kier molecular flexibility index (Phi) is 8.31. The number of rotatable bonds is 10. The van der Waals surface area contributed by atoms with Crippen LogP contribution in [0.3, 0.4) is 0 Å². The van der Waals surface area contributed by atoms with Crippen molar-refractivity contribution in [2.75, 3.05) is 20.8 Å². The van der Waals surface area contributed by atoms with E-state index in [0.717, 1.165) is 12.1 Å². The zero-order valence-corrected chi connectivity index (χ0v) is 13.1. The summed E-state index contributed by atoms with van der Waals surface area (Å²) in [5.41, 5.74) is 0.776. The highest BCUT2D eigenvalue weighted by molar-refractivity contribution is 5.69. The molecule has 1 aliphatic rings. The minimum absolute atomic E-state index is 0.234. The van der Waals surface area contributed by atoms with Crippen LogP contribution in [0.2, 0.25) is 0 Å². The number of unbranched alkanes of at least 4 members (excludes halogenated alkanes) is 2. The lowest BCUT2D eigenvalue weighted by molar-refractivity contribution is -0.241. The maximum absolute atomic E-state index is 11.3. The van der Waals surface area contributed by atoms with Gasteiger partial charge in [0.15, 0.2) is 0 Å². The minimum atomic E-state index is -0.244. The normalized spacial score (nSPS) is 14.0. The van der Waals surface area contributed by atoms with Crippen molar-refractivity contribution in [1.82, 2.24) is 10.3 Å². The number of hydrogen-bond donors (Lipinski definition) is 0. The summed E-state index contributed by atoms with van der Waals surface area (Å²) in [4.78, 5) is 27.0. The molecule has 0 fully saturated rings. The molecule has 1 rings (SSSR count). The largest absolute Gasteiger partial charge is 0.732 e. The van der Waals surface area contributed by atoms with Crippen LogP contribution in [0.5, 0.6) is 0 Å². The molecule has 0 aliphatic carbocycles. The fraction of sp³-hybridized carbons (Fsp3) is 0.714. The highest BCUT2D eigenvalue weighted by Gasteiger charge is 2.17. The van der Waals surface area contributed by atoms with E-state index in [1.165, 1.54) is 25.5 Å². The fourth-order valence-electron chi connectivity index (χ4n) is 2.04.